The molecule has 160 valence electrons. The summed E-state index contributed by atoms with van der Waals surface area (Å²) in [5, 5.41) is 20.8. The summed E-state index contributed by atoms with van der Waals surface area (Å²) in [4.78, 5) is 10.9. The van der Waals surface area contributed by atoms with Crippen molar-refractivity contribution in [1.82, 2.24) is 0 Å². The van der Waals surface area contributed by atoms with E-state index in [4.69, 9.17) is 10.5 Å². The molecule has 0 spiro atoms. The number of amides is 1. The van der Waals surface area contributed by atoms with Gasteiger partial charge < -0.3 is 20.7 Å². The number of carbonyl (C=O) groups is 1. The van der Waals surface area contributed by atoms with Crippen LogP contribution in [-0.4, -0.2) is 34.4 Å². The van der Waals surface area contributed by atoms with Gasteiger partial charge in [0.1, 0.15) is 11.9 Å². The SMILES string of the molecule is CCCCC[C@H](O)C=C[C@@H]1[C@H]2c3cccc(CCCCC(N)=O)c3O[C@H]2C[C@H]1O. The first-order valence-corrected chi connectivity index (χ1v) is 11.1. The molecule has 0 aromatic heterocycles. The van der Waals surface area contributed by atoms with Gasteiger partial charge in [0, 0.05) is 30.2 Å². The number of nitrogens with two attached hydrogens (primary N) is 1. The Balaban J connectivity index is 1.67. The fourth-order valence-electron chi connectivity index (χ4n) is 4.74. The third kappa shape index (κ3) is 5.40. The number of para-hydroxylation sites is 1. The second-order valence-corrected chi connectivity index (χ2v) is 8.52. The number of aryl methyl sites for hydroxylation is 1. The van der Waals surface area contributed by atoms with Gasteiger partial charge in [0.25, 0.3) is 0 Å². The maximum Gasteiger partial charge on any atom is 0.217 e. The van der Waals surface area contributed by atoms with Gasteiger partial charge in [0.05, 0.1) is 12.2 Å². The molecule has 2 aliphatic rings. The van der Waals surface area contributed by atoms with E-state index in [1.54, 1.807) is 0 Å². The van der Waals surface area contributed by atoms with Crippen molar-refractivity contribution in [1.29, 1.82) is 0 Å². The minimum absolute atomic E-state index is 0.0151. The van der Waals surface area contributed by atoms with Crippen LogP contribution in [0.4, 0.5) is 0 Å². The molecule has 4 N–H and O–H groups in total. The number of aliphatic hydroxyl groups is 2. The Morgan fingerprint density at radius 2 is 2.14 bits per heavy atom. The van der Waals surface area contributed by atoms with E-state index < -0.39 is 12.2 Å². The molecule has 3 rings (SSSR count). The predicted octanol–water partition coefficient (Wildman–Crippen LogP) is 3.61. The van der Waals surface area contributed by atoms with Crippen LogP contribution in [0.5, 0.6) is 5.75 Å². The molecule has 1 fully saturated rings. The summed E-state index contributed by atoms with van der Waals surface area (Å²) in [6, 6.07) is 6.24. The average molecular weight is 402 g/mol. The smallest absolute Gasteiger partial charge is 0.217 e. The second-order valence-electron chi connectivity index (χ2n) is 8.52. The molecule has 0 bridgehead atoms. The summed E-state index contributed by atoms with van der Waals surface area (Å²) in [5.41, 5.74) is 7.55. The molecule has 0 unspecified atom stereocenters. The van der Waals surface area contributed by atoms with Crippen molar-refractivity contribution < 1.29 is 19.7 Å². The van der Waals surface area contributed by atoms with Crippen LogP contribution in [0, 0.1) is 5.92 Å². The molecule has 0 radical (unpaired) electrons. The van der Waals surface area contributed by atoms with Gasteiger partial charge in [-0.1, -0.05) is 56.5 Å². The Kier molecular flexibility index (Phi) is 7.73. The number of benzene rings is 1. The summed E-state index contributed by atoms with van der Waals surface area (Å²) in [5.74, 6) is 0.793. The zero-order valence-electron chi connectivity index (χ0n) is 17.4. The highest BCUT2D eigenvalue weighted by Crippen LogP contribution is 2.52. The van der Waals surface area contributed by atoms with E-state index in [2.05, 4.69) is 25.1 Å². The van der Waals surface area contributed by atoms with E-state index in [1.807, 2.05) is 12.2 Å². The van der Waals surface area contributed by atoms with E-state index in [0.29, 0.717) is 12.8 Å². The van der Waals surface area contributed by atoms with Gasteiger partial charge >= 0.3 is 0 Å². The molecule has 29 heavy (non-hydrogen) atoms. The molecule has 5 heteroatoms. The molecule has 1 aliphatic carbocycles. The lowest BCUT2D eigenvalue weighted by Crippen LogP contribution is -2.17. The fourth-order valence-corrected chi connectivity index (χ4v) is 4.74. The van der Waals surface area contributed by atoms with Crippen LogP contribution in [0.15, 0.2) is 30.4 Å². The number of hydrogen-bond acceptors (Lipinski definition) is 4. The van der Waals surface area contributed by atoms with E-state index in [-0.39, 0.29) is 23.8 Å². The number of unbranched alkanes of at least 4 members (excludes halogenated alkanes) is 3. The van der Waals surface area contributed by atoms with Gasteiger partial charge in [-0.25, -0.2) is 0 Å². The van der Waals surface area contributed by atoms with E-state index in [0.717, 1.165) is 61.8 Å². The van der Waals surface area contributed by atoms with Crippen molar-refractivity contribution in [3.8, 4) is 5.75 Å². The van der Waals surface area contributed by atoms with Crippen molar-refractivity contribution in [2.45, 2.75) is 88.9 Å². The summed E-state index contributed by atoms with van der Waals surface area (Å²) < 4.78 is 6.28. The highest BCUT2D eigenvalue weighted by Gasteiger charge is 2.48. The number of primary amides is 1. The fraction of sp³-hybridized carbons (Fsp3) is 0.625. The van der Waals surface area contributed by atoms with Crippen molar-refractivity contribution in [2.75, 3.05) is 0 Å². The molecule has 1 aliphatic heterocycles. The lowest BCUT2D eigenvalue weighted by Gasteiger charge is -2.18. The van der Waals surface area contributed by atoms with Crippen LogP contribution in [0.25, 0.3) is 0 Å². The largest absolute Gasteiger partial charge is 0.489 e. The summed E-state index contributed by atoms with van der Waals surface area (Å²) in [6.07, 6.45) is 10.6. The normalized spacial score (nSPS) is 26.3. The summed E-state index contributed by atoms with van der Waals surface area (Å²) in [7, 11) is 0. The lowest BCUT2D eigenvalue weighted by molar-refractivity contribution is -0.118. The maximum absolute atomic E-state index is 10.9. The van der Waals surface area contributed by atoms with Crippen LogP contribution in [0.2, 0.25) is 0 Å². The monoisotopic (exact) mass is 401 g/mol. The van der Waals surface area contributed by atoms with Crippen LogP contribution in [0.1, 0.15) is 75.3 Å². The number of fused-ring (bicyclic) bond motifs is 3. The third-order valence-corrected chi connectivity index (χ3v) is 6.27. The van der Waals surface area contributed by atoms with Gasteiger partial charge in [-0.05, 0) is 31.2 Å². The molecular formula is C24H35NO4. The van der Waals surface area contributed by atoms with Gasteiger partial charge in [-0.2, -0.15) is 0 Å². The Morgan fingerprint density at radius 1 is 1.31 bits per heavy atom. The first kappa shape index (κ1) is 21.8. The van der Waals surface area contributed by atoms with Gasteiger partial charge in [0.15, 0.2) is 0 Å². The average Bonchev–Trinajstić information content (AvgIpc) is 3.19. The highest BCUT2D eigenvalue weighted by atomic mass is 16.5. The molecule has 5 nitrogen and oxygen atoms in total. The Hall–Kier alpha value is -1.85. The van der Waals surface area contributed by atoms with E-state index >= 15 is 0 Å². The van der Waals surface area contributed by atoms with E-state index in [1.165, 1.54) is 0 Å². The predicted molar refractivity (Wildman–Crippen MR) is 114 cm³/mol. The van der Waals surface area contributed by atoms with Crippen molar-refractivity contribution in [3.05, 3.63) is 41.5 Å². The third-order valence-electron chi connectivity index (χ3n) is 6.27. The molecule has 0 saturated heterocycles. The number of aliphatic hydroxyl groups excluding tert-OH is 2. The summed E-state index contributed by atoms with van der Waals surface area (Å²) >= 11 is 0. The molecule has 1 aromatic carbocycles. The van der Waals surface area contributed by atoms with Crippen LogP contribution in [0.3, 0.4) is 0 Å². The van der Waals surface area contributed by atoms with Gasteiger partial charge in [0.2, 0.25) is 5.91 Å². The van der Waals surface area contributed by atoms with Crippen LogP contribution >= 0.6 is 0 Å². The zero-order valence-corrected chi connectivity index (χ0v) is 17.4. The molecule has 1 amide bonds. The number of carbonyl (C=O) groups excluding carboxylic acids is 1. The second kappa shape index (κ2) is 10.3. The Bertz CT molecular complexity index is 717. The molecule has 1 saturated carbocycles. The van der Waals surface area contributed by atoms with Crippen molar-refractivity contribution in [3.63, 3.8) is 0 Å². The first-order valence-electron chi connectivity index (χ1n) is 11.1. The first-order chi connectivity index (χ1) is 14.0. The standard InChI is InChI=1S/C24H35NO4/c1-2-3-4-10-17(26)13-14-18-20(27)15-21-23(18)19-11-7-9-16(24(19)29-21)8-5-6-12-22(25)28/h7,9,11,13-14,17-18,20-21,23,26-27H,2-6,8,10,12,15H2,1H3,(H2,25,28)/t17-,18-,20+,21-,23-/m0/s1. The Labute approximate surface area is 174 Å². The van der Waals surface area contributed by atoms with Crippen LogP contribution < -0.4 is 10.5 Å². The highest BCUT2D eigenvalue weighted by molar-refractivity contribution is 5.73. The maximum atomic E-state index is 10.9. The molecular weight excluding hydrogens is 366 g/mol. The summed E-state index contributed by atoms with van der Waals surface area (Å²) in [6.45, 7) is 2.15. The quantitative estimate of drug-likeness (QED) is 0.390. The van der Waals surface area contributed by atoms with E-state index in [9.17, 15) is 15.0 Å². The minimum Gasteiger partial charge on any atom is -0.489 e. The minimum atomic E-state index is -0.453. The molecule has 1 aromatic rings. The lowest BCUT2D eigenvalue weighted by atomic mass is 9.86. The number of ether oxygens (including phenoxy) is 1. The number of rotatable bonds is 11. The molecule has 5 atom stereocenters. The Morgan fingerprint density at radius 3 is 2.90 bits per heavy atom. The van der Waals surface area contributed by atoms with Crippen LogP contribution in [-0.2, 0) is 11.2 Å². The molecule has 1 heterocycles. The number of hydrogen-bond donors (Lipinski definition) is 3. The topological polar surface area (TPSA) is 92.8 Å². The van der Waals surface area contributed by atoms with Crippen molar-refractivity contribution >= 4 is 5.91 Å². The zero-order chi connectivity index (χ0) is 20.8. The van der Waals surface area contributed by atoms with Gasteiger partial charge in [-0.15, -0.1) is 0 Å². The van der Waals surface area contributed by atoms with Gasteiger partial charge in [-0.3, -0.25) is 4.79 Å². The van der Waals surface area contributed by atoms with Crippen molar-refractivity contribution in [2.24, 2.45) is 11.7 Å².